The van der Waals surface area contributed by atoms with Crippen LogP contribution in [0.2, 0.25) is 0 Å². The molecule has 1 heterocycles. The Balaban J connectivity index is 1.71. The first-order valence-corrected chi connectivity index (χ1v) is 6.39. The summed E-state index contributed by atoms with van der Waals surface area (Å²) >= 11 is 0. The number of carbonyl (C=O) groups is 1. The van der Waals surface area contributed by atoms with Gasteiger partial charge in [0.25, 0.3) is 0 Å². The summed E-state index contributed by atoms with van der Waals surface area (Å²) in [6, 6.07) is 9.47. The van der Waals surface area contributed by atoms with Gasteiger partial charge in [0.1, 0.15) is 5.75 Å². The summed E-state index contributed by atoms with van der Waals surface area (Å²) in [6.07, 6.45) is 1.68. The zero-order valence-corrected chi connectivity index (χ0v) is 10.4. The summed E-state index contributed by atoms with van der Waals surface area (Å²) in [7, 11) is 0. The molecule has 4 nitrogen and oxygen atoms in total. The van der Waals surface area contributed by atoms with Crippen molar-refractivity contribution < 1.29 is 14.6 Å². The summed E-state index contributed by atoms with van der Waals surface area (Å²) < 4.78 is 5.48. The highest BCUT2D eigenvalue weighted by molar-refractivity contribution is 5.76. The molecule has 1 unspecified atom stereocenters. The van der Waals surface area contributed by atoms with E-state index in [0.29, 0.717) is 19.6 Å². The lowest BCUT2D eigenvalue weighted by molar-refractivity contribution is -0.134. The lowest BCUT2D eigenvalue weighted by Crippen LogP contribution is -2.42. The van der Waals surface area contributed by atoms with E-state index in [0.717, 1.165) is 25.1 Å². The molecule has 1 fully saturated rings. The minimum atomic E-state index is -0.363. The number of hydrogen-bond acceptors (Lipinski definition) is 3. The smallest absolute Gasteiger partial charge is 0.226 e. The molecule has 4 heteroatoms. The van der Waals surface area contributed by atoms with Gasteiger partial charge < -0.3 is 14.7 Å². The number of aliphatic hydroxyl groups is 1. The minimum Gasteiger partial charge on any atom is -0.493 e. The number of rotatable bonds is 4. The maximum atomic E-state index is 11.9. The second-order valence-corrected chi connectivity index (χ2v) is 4.55. The van der Waals surface area contributed by atoms with E-state index in [2.05, 4.69) is 0 Å². The van der Waals surface area contributed by atoms with Crippen LogP contribution >= 0.6 is 0 Å². The van der Waals surface area contributed by atoms with Crippen molar-refractivity contribution in [3.63, 3.8) is 0 Å². The Hall–Kier alpha value is -1.55. The SMILES string of the molecule is O=C(CCOc1ccccc1)N1CCCC(O)C1. The van der Waals surface area contributed by atoms with Crippen molar-refractivity contribution in [3.8, 4) is 5.75 Å². The van der Waals surface area contributed by atoms with Crippen LogP contribution in [0.4, 0.5) is 0 Å². The van der Waals surface area contributed by atoms with E-state index in [1.54, 1.807) is 4.90 Å². The summed E-state index contributed by atoms with van der Waals surface area (Å²) in [5.74, 6) is 0.841. The minimum absolute atomic E-state index is 0.0599. The third-order valence-electron chi connectivity index (χ3n) is 3.08. The van der Waals surface area contributed by atoms with Gasteiger partial charge in [-0.15, -0.1) is 0 Å². The number of piperidine rings is 1. The Kier molecular flexibility index (Phi) is 4.59. The molecule has 18 heavy (non-hydrogen) atoms. The maximum Gasteiger partial charge on any atom is 0.226 e. The molecule has 1 aromatic rings. The molecular weight excluding hydrogens is 230 g/mol. The van der Waals surface area contributed by atoms with Crippen LogP contribution in [0.5, 0.6) is 5.75 Å². The number of ether oxygens (including phenoxy) is 1. The van der Waals surface area contributed by atoms with Gasteiger partial charge in [0.05, 0.1) is 19.1 Å². The third kappa shape index (κ3) is 3.74. The van der Waals surface area contributed by atoms with E-state index in [9.17, 15) is 9.90 Å². The Labute approximate surface area is 107 Å². The molecule has 98 valence electrons. The van der Waals surface area contributed by atoms with E-state index in [1.807, 2.05) is 30.3 Å². The lowest BCUT2D eigenvalue weighted by atomic mass is 10.1. The molecular formula is C14H19NO3. The predicted molar refractivity (Wildman–Crippen MR) is 68.4 cm³/mol. The standard InChI is InChI=1S/C14H19NO3/c16-12-5-4-9-15(11-12)14(17)8-10-18-13-6-2-1-3-7-13/h1-3,6-7,12,16H,4-5,8-11H2. The summed E-state index contributed by atoms with van der Waals surface area (Å²) in [4.78, 5) is 13.6. The Morgan fingerprint density at radius 3 is 2.89 bits per heavy atom. The third-order valence-corrected chi connectivity index (χ3v) is 3.08. The van der Waals surface area contributed by atoms with Gasteiger partial charge in [-0.2, -0.15) is 0 Å². The van der Waals surface area contributed by atoms with Crippen LogP contribution in [0.15, 0.2) is 30.3 Å². The highest BCUT2D eigenvalue weighted by Crippen LogP contribution is 2.12. The highest BCUT2D eigenvalue weighted by Gasteiger charge is 2.21. The molecule has 1 amide bonds. The number of benzene rings is 1. The summed E-state index contributed by atoms with van der Waals surface area (Å²) in [6.45, 7) is 1.60. The first-order chi connectivity index (χ1) is 8.75. The fourth-order valence-electron chi connectivity index (χ4n) is 2.11. The molecule has 1 saturated heterocycles. The maximum absolute atomic E-state index is 11.9. The van der Waals surface area contributed by atoms with E-state index >= 15 is 0 Å². The second kappa shape index (κ2) is 6.40. The van der Waals surface area contributed by atoms with Crippen LogP contribution in [0.3, 0.4) is 0 Å². The Morgan fingerprint density at radius 2 is 2.17 bits per heavy atom. The quantitative estimate of drug-likeness (QED) is 0.878. The van der Waals surface area contributed by atoms with Gasteiger partial charge in [0.2, 0.25) is 5.91 Å². The molecule has 1 N–H and O–H groups in total. The van der Waals surface area contributed by atoms with Crippen molar-refractivity contribution in [1.82, 2.24) is 4.90 Å². The van der Waals surface area contributed by atoms with Gasteiger partial charge in [-0.1, -0.05) is 18.2 Å². The van der Waals surface area contributed by atoms with Crippen molar-refractivity contribution in [2.75, 3.05) is 19.7 Å². The molecule has 0 spiro atoms. The van der Waals surface area contributed by atoms with E-state index in [-0.39, 0.29) is 12.0 Å². The van der Waals surface area contributed by atoms with Crippen LogP contribution in [0.25, 0.3) is 0 Å². The van der Waals surface area contributed by atoms with E-state index in [1.165, 1.54) is 0 Å². The average molecular weight is 249 g/mol. The van der Waals surface area contributed by atoms with Crippen molar-refractivity contribution >= 4 is 5.91 Å². The van der Waals surface area contributed by atoms with Gasteiger partial charge in [-0.25, -0.2) is 0 Å². The van der Waals surface area contributed by atoms with Gasteiger partial charge in [0, 0.05) is 13.1 Å². The monoisotopic (exact) mass is 249 g/mol. The molecule has 0 aromatic heterocycles. The number of amides is 1. The van der Waals surface area contributed by atoms with E-state index in [4.69, 9.17) is 4.74 Å². The van der Waals surface area contributed by atoms with Crippen LogP contribution in [0.1, 0.15) is 19.3 Å². The number of hydrogen-bond donors (Lipinski definition) is 1. The first-order valence-electron chi connectivity index (χ1n) is 6.39. The summed E-state index contributed by atoms with van der Waals surface area (Å²) in [5, 5.41) is 9.51. The van der Waals surface area contributed by atoms with Crippen LogP contribution < -0.4 is 4.74 Å². The number of carbonyl (C=O) groups excluding carboxylic acids is 1. The van der Waals surface area contributed by atoms with E-state index < -0.39 is 0 Å². The Morgan fingerprint density at radius 1 is 1.39 bits per heavy atom. The van der Waals surface area contributed by atoms with Crippen LogP contribution in [-0.4, -0.2) is 41.7 Å². The topological polar surface area (TPSA) is 49.8 Å². The van der Waals surface area contributed by atoms with Crippen molar-refractivity contribution in [3.05, 3.63) is 30.3 Å². The van der Waals surface area contributed by atoms with Crippen LogP contribution in [0, 0.1) is 0 Å². The van der Waals surface area contributed by atoms with Gasteiger partial charge in [-0.3, -0.25) is 4.79 Å². The lowest BCUT2D eigenvalue weighted by Gasteiger charge is -2.30. The highest BCUT2D eigenvalue weighted by atomic mass is 16.5. The number of para-hydroxylation sites is 1. The number of likely N-dealkylation sites (tertiary alicyclic amines) is 1. The fraction of sp³-hybridized carbons (Fsp3) is 0.500. The zero-order chi connectivity index (χ0) is 12.8. The average Bonchev–Trinajstić information content (AvgIpc) is 2.40. The molecule has 1 aliphatic heterocycles. The fourth-order valence-corrected chi connectivity index (χ4v) is 2.11. The van der Waals surface area contributed by atoms with Gasteiger partial charge in [0.15, 0.2) is 0 Å². The second-order valence-electron chi connectivity index (χ2n) is 4.55. The summed E-state index contributed by atoms with van der Waals surface area (Å²) in [5.41, 5.74) is 0. The predicted octanol–water partition coefficient (Wildman–Crippen LogP) is 1.44. The molecule has 0 bridgehead atoms. The zero-order valence-electron chi connectivity index (χ0n) is 10.4. The molecule has 0 radical (unpaired) electrons. The van der Waals surface area contributed by atoms with Crippen molar-refractivity contribution in [2.24, 2.45) is 0 Å². The first kappa shape index (κ1) is 12.9. The van der Waals surface area contributed by atoms with Crippen molar-refractivity contribution in [1.29, 1.82) is 0 Å². The Bertz CT molecular complexity index is 380. The molecule has 0 saturated carbocycles. The molecule has 1 aliphatic rings. The van der Waals surface area contributed by atoms with Gasteiger partial charge in [-0.05, 0) is 25.0 Å². The molecule has 0 aliphatic carbocycles. The molecule has 1 atom stereocenters. The van der Waals surface area contributed by atoms with Crippen molar-refractivity contribution in [2.45, 2.75) is 25.4 Å². The normalized spacial score (nSPS) is 19.6. The van der Waals surface area contributed by atoms with Crippen LogP contribution in [-0.2, 0) is 4.79 Å². The van der Waals surface area contributed by atoms with Gasteiger partial charge >= 0.3 is 0 Å². The number of aliphatic hydroxyl groups excluding tert-OH is 1. The number of β-amino-alcohol motifs (C(OH)–C–C–N with tert-alkyl or cyclic N) is 1. The number of nitrogens with zero attached hydrogens (tertiary/aromatic N) is 1. The molecule has 1 aromatic carbocycles. The molecule has 2 rings (SSSR count). The largest absolute Gasteiger partial charge is 0.493 e.